The quantitative estimate of drug-likeness (QED) is 0.503. The van der Waals surface area contributed by atoms with E-state index in [1.807, 2.05) is 37.3 Å². The van der Waals surface area contributed by atoms with Crippen molar-refractivity contribution in [3.63, 3.8) is 0 Å². The highest BCUT2D eigenvalue weighted by Crippen LogP contribution is 2.65. The average Bonchev–Trinajstić information content (AvgIpc) is 3.12. The van der Waals surface area contributed by atoms with Crippen LogP contribution in [0.2, 0.25) is 5.02 Å². The lowest BCUT2D eigenvalue weighted by Gasteiger charge is -2.37. The second-order valence-electron chi connectivity index (χ2n) is 9.27. The molecule has 4 aliphatic rings. The smallest absolute Gasteiger partial charge is 0.311 e. The van der Waals surface area contributed by atoms with Gasteiger partial charge in [-0.25, -0.2) is 0 Å². The molecule has 4 heterocycles. The average molecular weight is 503 g/mol. The van der Waals surface area contributed by atoms with Crippen LogP contribution >= 0.6 is 23.4 Å². The van der Waals surface area contributed by atoms with Crippen LogP contribution in [-0.2, 0) is 19.1 Å². The van der Waals surface area contributed by atoms with Gasteiger partial charge in [0.2, 0.25) is 5.91 Å². The molecule has 0 aromatic heterocycles. The summed E-state index contributed by atoms with van der Waals surface area (Å²) >= 11 is 7.95. The monoisotopic (exact) mass is 502 g/mol. The zero-order valence-electron chi connectivity index (χ0n) is 18.9. The van der Waals surface area contributed by atoms with E-state index in [1.165, 1.54) is 11.8 Å². The minimum atomic E-state index is -0.938. The zero-order valence-corrected chi connectivity index (χ0v) is 20.4. The Morgan fingerprint density at radius 1 is 1.15 bits per heavy atom. The minimum Gasteiger partial charge on any atom is -0.465 e. The Labute approximate surface area is 207 Å². The number of likely N-dealkylation sites (tertiary alicyclic amines) is 1. The number of aliphatic hydroxyl groups is 1. The highest BCUT2D eigenvalue weighted by molar-refractivity contribution is 8.02. The van der Waals surface area contributed by atoms with Gasteiger partial charge in [-0.1, -0.05) is 48.0 Å². The van der Waals surface area contributed by atoms with Crippen LogP contribution in [0.25, 0.3) is 0 Å². The molecule has 0 saturated carbocycles. The van der Waals surface area contributed by atoms with Gasteiger partial charge < -0.3 is 19.6 Å². The lowest BCUT2D eigenvalue weighted by Crippen LogP contribution is -2.53. The van der Waals surface area contributed by atoms with E-state index in [9.17, 15) is 19.5 Å². The van der Waals surface area contributed by atoms with E-state index in [4.69, 9.17) is 16.3 Å². The molecular formula is C25H27ClN2O5S. The molecule has 1 aromatic rings. The van der Waals surface area contributed by atoms with Gasteiger partial charge in [0, 0.05) is 24.4 Å². The summed E-state index contributed by atoms with van der Waals surface area (Å²) in [6.07, 6.45) is 8.81. The van der Waals surface area contributed by atoms with Gasteiger partial charge >= 0.3 is 5.97 Å². The number of aliphatic hydroxyl groups excluding tert-OH is 1. The van der Waals surface area contributed by atoms with Gasteiger partial charge in [-0.05, 0) is 31.9 Å². The number of thioether (sulfide) groups is 1. The molecule has 0 radical (unpaired) electrons. The van der Waals surface area contributed by atoms with E-state index in [2.05, 4.69) is 0 Å². The molecule has 1 N–H and O–H groups in total. The van der Waals surface area contributed by atoms with E-state index in [-0.39, 0.29) is 31.6 Å². The maximum absolute atomic E-state index is 14.2. The standard InChI is InChI=1S/C25H27ClN2O5S/c1-24-10-4-5-15-33-23(32)19(24)18-21(30)28(13-7-14-29)20-22(31)27(12-6-11-25(18,20)34-24)17-9-3-2-8-16(17)26/h2-4,6,8-11,18-20,29H,5,7,12-15H2,1H3/t18-,19+,20?,24-,25-/m0/s1. The van der Waals surface area contributed by atoms with Crippen LogP contribution in [-0.4, -0.2) is 69.6 Å². The second-order valence-corrected chi connectivity index (χ2v) is 11.5. The van der Waals surface area contributed by atoms with Crippen molar-refractivity contribution < 1.29 is 24.2 Å². The number of ether oxygens (including phenoxy) is 1. The number of carbonyl (C=O) groups excluding carboxylic acids is 3. The number of benzene rings is 1. The topological polar surface area (TPSA) is 87.1 Å². The Kier molecular flexibility index (Phi) is 6.02. The Bertz CT molecular complexity index is 1090. The SMILES string of the molecule is C[C@]12C=CCCOC(=O)[C@H]1[C@H]1C(=O)N(CCCO)C3C(=O)N(c4ccccc4Cl)CC=C[C@@]31S2. The van der Waals surface area contributed by atoms with Crippen LogP contribution in [0.15, 0.2) is 48.6 Å². The van der Waals surface area contributed by atoms with Crippen LogP contribution in [0.4, 0.5) is 5.69 Å². The molecule has 2 fully saturated rings. The third kappa shape index (κ3) is 3.41. The number of amides is 2. The molecule has 1 spiro atoms. The maximum atomic E-state index is 14.2. The molecule has 7 nitrogen and oxygen atoms in total. The van der Waals surface area contributed by atoms with Crippen molar-refractivity contribution in [3.8, 4) is 0 Å². The number of hydrogen-bond donors (Lipinski definition) is 1. The van der Waals surface area contributed by atoms with Crippen molar-refractivity contribution in [2.75, 3.05) is 31.2 Å². The number of fused-ring (bicyclic) bond motifs is 2. The molecule has 0 aliphatic carbocycles. The number of anilines is 1. The number of carbonyl (C=O) groups is 3. The first-order valence-electron chi connectivity index (χ1n) is 11.5. The Hall–Kier alpha value is -2.29. The molecule has 2 saturated heterocycles. The van der Waals surface area contributed by atoms with E-state index in [0.29, 0.717) is 30.1 Å². The van der Waals surface area contributed by atoms with Gasteiger partial charge in [0.1, 0.15) is 6.04 Å². The van der Waals surface area contributed by atoms with Crippen LogP contribution in [0.5, 0.6) is 0 Å². The van der Waals surface area contributed by atoms with Crippen LogP contribution in [0.1, 0.15) is 19.8 Å². The number of para-hydroxylation sites is 1. The van der Waals surface area contributed by atoms with Gasteiger partial charge in [-0.15, -0.1) is 11.8 Å². The van der Waals surface area contributed by atoms with Crippen molar-refractivity contribution >= 4 is 46.8 Å². The summed E-state index contributed by atoms with van der Waals surface area (Å²) in [7, 11) is 0. The normalized spacial score (nSPS) is 34.8. The second kappa shape index (κ2) is 8.73. The molecule has 9 heteroatoms. The molecule has 180 valence electrons. The summed E-state index contributed by atoms with van der Waals surface area (Å²) in [4.78, 5) is 44.5. The zero-order chi connectivity index (χ0) is 24.1. The van der Waals surface area contributed by atoms with Crippen LogP contribution < -0.4 is 4.90 Å². The number of cyclic esters (lactones) is 1. The van der Waals surface area contributed by atoms with Gasteiger partial charge in [0.05, 0.1) is 33.9 Å². The number of halogens is 1. The number of rotatable bonds is 4. The molecule has 5 rings (SSSR count). The third-order valence-corrected chi connectivity index (χ3v) is 9.34. The fourth-order valence-electron chi connectivity index (χ4n) is 5.86. The first-order valence-corrected chi connectivity index (χ1v) is 12.7. The van der Waals surface area contributed by atoms with E-state index in [1.54, 1.807) is 28.0 Å². The lowest BCUT2D eigenvalue weighted by molar-refractivity contribution is -0.154. The van der Waals surface area contributed by atoms with Gasteiger partial charge in [0.25, 0.3) is 5.91 Å². The third-order valence-electron chi connectivity index (χ3n) is 7.22. The first-order chi connectivity index (χ1) is 16.3. The Morgan fingerprint density at radius 3 is 2.71 bits per heavy atom. The van der Waals surface area contributed by atoms with Crippen molar-refractivity contribution in [3.05, 3.63) is 53.6 Å². The highest BCUT2D eigenvalue weighted by atomic mass is 35.5. The first kappa shape index (κ1) is 23.5. The van der Waals surface area contributed by atoms with Crippen LogP contribution in [0, 0.1) is 11.8 Å². The van der Waals surface area contributed by atoms with Crippen LogP contribution in [0.3, 0.4) is 0 Å². The summed E-state index contributed by atoms with van der Waals surface area (Å²) in [5.74, 6) is -2.34. The summed E-state index contributed by atoms with van der Waals surface area (Å²) in [5, 5.41) is 9.93. The fourth-order valence-corrected chi connectivity index (χ4v) is 8.25. The van der Waals surface area contributed by atoms with Crippen molar-refractivity contribution in [1.82, 2.24) is 4.90 Å². The van der Waals surface area contributed by atoms with Gasteiger partial charge in [-0.2, -0.15) is 0 Å². The predicted molar refractivity (Wildman–Crippen MR) is 131 cm³/mol. The summed E-state index contributed by atoms with van der Waals surface area (Å²) < 4.78 is 3.90. The number of hydrogen-bond acceptors (Lipinski definition) is 6. The molecule has 5 atom stereocenters. The maximum Gasteiger partial charge on any atom is 0.311 e. The molecule has 1 aromatic carbocycles. The predicted octanol–water partition coefficient (Wildman–Crippen LogP) is 2.82. The number of esters is 1. The summed E-state index contributed by atoms with van der Waals surface area (Å²) in [6, 6.07) is 6.31. The minimum absolute atomic E-state index is 0.106. The van der Waals surface area contributed by atoms with Gasteiger partial charge in [0.15, 0.2) is 0 Å². The molecule has 1 unspecified atom stereocenters. The van der Waals surface area contributed by atoms with E-state index in [0.717, 1.165) is 0 Å². The largest absolute Gasteiger partial charge is 0.465 e. The summed E-state index contributed by atoms with van der Waals surface area (Å²) in [6.45, 7) is 2.65. The Morgan fingerprint density at radius 2 is 1.94 bits per heavy atom. The van der Waals surface area contributed by atoms with E-state index >= 15 is 0 Å². The molecule has 2 amide bonds. The Balaban J connectivity index is 1.65. The summed E-state index contributed by atoms with van der Waals surface area (Å²) in [5.41, 5.74) is 0.577. The highest BCUT2D eigenvalue weighted by Gasteiger charge is 2.73. The van der Waals surface area contributed by atoms with Crippen molar-refractivity contribution in [2.45, 2.75) is 35.3 Å². The molecular weight excluding hydrogens is 476 g/mol. The molecule has 0 bridgehead atoms. The molecule has 4 aliphatic heterocycles. The lowest BCUT2D eigenvalue weighted by atomic mass is 9.74. The molecule has 34 heavy (non-hydrogen) atoms. The van der Waals surface area contributed by atoms with E-state index < -0.39 is 33.3 Å². The van der Waals surface area contributed by atoms with Crippen molar-refractivity contribution in [1.29, 1.82) is 0 Å². The number of nitrogens with zero attached hydrogens (tertiary/aromatic N) is 2. The fraction of sp³-hybridized carbons (Fsp3) is 0.480. The van der Waals surface area contributed by atoms with Crippen molar-refractivity contribution in [2.24, 2.45) is 11.8 Å². The van der Waals surface area contributed by atoms with Gasteiger partial charge in [-0.3, -0.25) is 14.4 Å².